The summed E-state index contributed by atoms with van der Waals surface area (Å²) in [5.41, 5.74) is 1.28. The van der Waals surface area contributed by atoms with Crippen molar-refractivity contribution in [3.8, 4) is 0 Å². The van der Waals surface area contributed by atoms with E-state index in [1.165, 1.54) is 5.56 Å². The van der Waals surface area contributed by atoms with Gasteiger partial charge in [-0.3, -0.25) is 4.68 Å². The summed E-state index contributed by atoms with van der Waals surface area (Å²) < 4.78 is 4.07. The monoisotopic (exact) mass is 261 g/mol. The van der Waals surface area contributed by atoms with Crippen LogP contribution < -0.4 is 5.32 Å². The smallest absolute Gasteiger partial charge is 0.108 e. The van der Waals surface area contributed by atoms with Crippen LogP contribution in [0.15, 0.2) is 24.8 Å². The molecular weight excluding hydrogens is 238 g/mol. The lowest BCUT2D eigenvalue weighted by Crippen LogP contribution is -2.32. The lowest BCUT2D eigenvalue weighted by molar-refractivity contribution is 0.471. The minimum atomic E-state index is 0.441. The topological polar surface area (TPSA) is 47.7 Å². The molecule has 2 aromatic rings. The number of aromatic nitrogens is 4. The third-order valence-electron chi connectivity index (χ3n) is 3.25. The Morgan fingerprint density at radius 2 is 2.26 bits per heavy atom. The maximum absolute atomic E-state index is 4.34. The maximum atomic E-state index is 4.34. The highest BCUT2D eigenvalue weighted by Crippen LogP contribution is 2.01. The van der Waals surface area contributed by atoms with Crippen LogP contribution in [0.1, 0.15) is 25.2 Å². The second-order valence-electron chi connectivity index (χ2n) is 4.98. The fraction of sp³-hybridized carbons (Fsp3) is 0.571. The molecule has 0 aliphatic rings. The van der Waals surface area contributed by atoms with Crippen LogP contribution in [0.4, 0.5) is 0 Å². The van der Waals surface area contributed by atoms with E-state index < -0.39 is 0 Å². The van der Waals surface area contributed by atoms with Crippen LogP contribution >= 0.6 is 0 Å². The summed E-state index contributed by atoms with van der Waals surface area (Å²) in [6, 6.07) is 0.441. The van der Waals surface area contributed by atoms with E-state index in [1.807, 2.05) is 24.1 Å². The number of aryl methyl sites for hydroxylation is 2. The zero-order valence-corrected chi connectivity index (χ0v) is 12.0. The molecule has 19 heavy (non-hydrogen) atoms. The molecule has 0 spiro atoms. The first-order valence-corrected chi connectivity index (χ1v) is 6.90. The van der Waals surface area contributed by atoms with Crippen molar-refractivity contribution in [1.82, 2.24) is 24.6 Å². The molecule has 0 amide bonds. The van der Waals surface area contributed by atoms with E-state index >= 15 is 0 Å². The van der Waals surface area contributed by atoms with Crippen LogP contribution in [0.5, 0.6) is 0 Å². The van der Waals surface area contributed by atoms with Crippen LogP contribution in [0.3, 0.4) is 0 Å². The van der Waals surface area contributed by atoms with Gasteiger partial charge in [-0.1, -0.05) is 6.92 Å². The predicted octanol–water partition coefficient (Wildman–Crippen LogP) is 1.40. The van der Waals surface area contributed by atoms with Crippen molar-refractivity contribution in [3.05, 3.63) is 36.2 Å². The van der Waals surface area contributed by atoms with E-state index in [2.05, 4.69) is 46.2 Å². The summed E-state index contributed by atoms with van der Waals surface area (Å²) in [6.45, 7) is 6.29. The molecular formula is C14H23N5. The standard InChI is InChI=1S/C14H23N5/c1-4-14-16-7-8-19(14)10-12(2)15-6-5-13-9-17-18(3)11-13/h7-9,11-12,15H,4-6,10H2,1-3H3/t12-/m0/s1. The lowest BCUT2D eigenvalue weighted by atomic mass is 10.2. The molecule has 2 aromatic heterocycles. The van der Waals surface area contributed by atoms with E-state index in [-0.39, 0.29) is 0 Å². The second kappa shape index (κ2) is 6.52. The Balaban J connectivity index is 1.74. The third kappa shape index (κ3) is 3.92. The highest BCUT2D eigenvalue weighted by molar-refractivity contribution is 5.03. The van der Waals surface area contributed by atoms with Crippen LogP contribution in [0.2, 0.25) is 0 Å². The fourth-order valence-corrected chi connectivity index (χ4v) is 2.24. The van der Waals surface area contributed by atoms with E-state index in [0.29, 0.717) is 6.04 Å². The van der Waals surface area contributed by atoms with Gasteiger partial charge < -0.3 is 9.88 Å². The van der Waals surface area contributed by atoms with Crippen molar-refractivity contribution in [2.45, 2.75) is 39.3 Å². The molecule has 1 N–H and O–H groups in total. The summed E-state index contributed by atoms with van der Waals surface area (Å²) >= 11 is 0. The lowest BCUT2D eigenvalue weighted by Gasteiger charge is -2.15. The van der Waals surface area contributed by atoms with Crippen molar-refractivity contribution in [3.63, 3.8) is 0 Å². The van der Waals surface area contributed by atoms with Gasteiger partial charge in [-0.15, -0.1) is 0 Å². The Bertz CT molecular complexity index is 499. The molecule has 2 rings (SSSR count). The molecule has 0 saturated carbocycles. The Hall–Kier alpha value is -1.62. The number of nitrogens with zero attached hydrogens (tertiary/aromatic N) is 4. The molecule has 0 radical (unpaired) electrons. The van der Waals surface area contributed by atoms with Gasteiger partial charge in [0.25, 0.3) is 0 Å². The number of imidazole rings is 1. The van der Waals surface area contributed by atoms with Crippen LogP contribution in [-0.2, 0) is 26.4 Å². The van der Waals surface area contributed by atoms with E-state index in [0.717, 1.165) is 31.8 Å². The van der Waals surface area contributed by atoms with Crippen molar-refractivity contribution < 1.29 is 0 Å². The van der Waals surface area contributed by atoms with Crippen LogP contribution in [0.25, 0.3) is 0 Å². The number of hydrogen-bond donors (Lipinski definition) is 1. The van der Waals surface area contributed by atoms with Gasteiger partial charge in [0.2, 0.25) is 0 Å². The Morgan fingerprint density at radius 1 is 1.42 bits per heavy atom. The fourth-order valence-electron chi connectivity index (χ4n) is 2.24. The quantitative estimate of drug-likeness (QED) is 0.819. The Labute approximate surface area is 114 Å². The first-order valence-electron chi connectivity index (χ1n) is 6.90. The molecule has 0 fully saturated rings. The van der Waals surface area contributed by atoms with Gasteiger partial charge in [0.05, 0.1) is 6.20 Å². The molecule has 0 aliphatic carbocycles. The average molecular weight is 261 g/mol. The highest BCUT2D eigenvalue weighted by atomic mass is 15.2. The molecule has 0 saturated heterocycles. The minimum absolute atomic E-state index is 0.441. The molecule has 0 bridgehead atoms. The molecule has 0 aromatic carbocycles. The van der Waals surface area contributed by atoms with Crippen molar-refractivity contribution in [2.24, 2.45) is 7.05 Å². The van der Waals surface area contributed by atoms with E-state index in [9.17, 15) is 0 Å². The second-order valence-corrected chi connectivity index (χ2v) is 4.98. The zero-order valence-electron chi connectivity index (χ0n) is 12.0. The maximum Gasteiger partial charge on any atom is 0.108 e. The zero-order chi connectivity index (χ0) is 13.7. The highest BCUT2D eigenvalue weighted by Gasteiger charge is 2.06. The molecule has 2 heterocycles. The van der Waals surface area contributed by atoms with Gasteiger partial charge in [-0.2, -0.15) is 5.10 Å². The average Bonchev–Trinajstić information content (AvgIpc) is 2.98. The molecule has 1 atom stereocenters. The minimum Gasteiger partial charge on any atom is -0.333 e. The van der Waals surface area contributed by atoms with Crippen molar-refractivity contribution >= 4 is 0 Å². The van der Waals surface area contributed by atoms with Crippen molar-refractivity contribution in [2.75, 3.05) is 6.54 Å². The van der Waals surface area contributed by atoms with Gasteiger partial charge in [0.15, 0.2) is 0 Å². The van der Waals surface area contributed by atoms with E-state index in [4.69, 9.17) is 0 Å². The SMILES string of the molecule is CCc1nccn1C[C@H](C)NCCc1cnn(C)c1. The van der Waals surface area contributed by atoms with E-state index in [1.54, 1.807) is 0 Å². The normalized spacial score (nSPS) is 12.8. The summed E-state index contributed by atoms with van der Waals surface area (Å²) in [5, 5.41) is 7.72. The van der Waals surface area contributed by atoms with Gasteiger partial charge in [-0.05, 0) is 25.5 Å². The third-order valence-corrected chi connectivity index (χ3v) is 3.25. The summed E-state index contributed by atoms with van der Waals surface area (Å²) in [4.78, 5) is 4.34. The number of nitrogens with one attached hydrogen (secondary N) is 1. The number of hydrogen-bond acceptors (Lipinski definition) is 3. The molecule has 0 unspecified atom stereocenters. The summed E-state index contributed by atoms with van der Waals surface area (Å²) in [6.07, 6.45) is 9.92. The Kier molecular flexibility index (Phi) is 4.74. The van der Waals surface area contributed by atoms with Crippen LogP contribution in [-0.4, -0.2) is 31.9 Å². The first kappa shape index (κ1) is 13.8. The molecule has 0 aliphatic heterocycles. The van der Waals surface area contributed by atoms with Gasteiger partial charge >= 0.3 is 0 Å². The summed E-state index contributed by atoms with van der Waals surface area (Å²) in [7, 11) is 1.95. The summed E-state index contributed by atoms with van der Waals surface area (Å²) in [5.74, 6) is 1.15. The van der Waals surface area contributed by atoms with Gasteiger partial charge in [0, 0.05) is 44.6 Å². The largest absolute Gasteiger partial charge is 0.333 e. The van der Waals surface area contributed by atoms with Gasteiger partial charge in [0.1, 0.15) is 5.82 Å². The first-order chi connectivity index (χ1) is 9.19. The van der Waals surface area contributed by atoms with Crippen molar-refractivity contribution in [1.29, 1.82) is 0 Å². The Morgan fingerprint density at radius 3 is 2.95 bits per heavy atom. The predicted molar refractivity (Wildman–Crippen MR) is 76.0 cm³/mol. The van der Waals surface area contributed by atoms with Gasteiger partial charge in [-0.25, -0.2) is 4.98 Å². The molecule has 104 valence electrons. The molecule has 5 nitrogen and oxygen atoms in total. The number of rotatable bonds is 7. The van der Waals surface area contributed by atoms with Crippen LogP contribution in [0, 0.1) is 0 Å². The molecule has 5 heteroatoms.